The van der Waals surface area contributed by atoms with Crippen molar-refractivity contribution in [2.45, 2.75) is 44.0 Å². The van der Waals surface area contributed by atoms with Gasteiger partial charge in [-0.2, -0.15) is 5.10 Å². The second-order valence-corrected chi connectivity index (χ2v) is 6.99. The number of sulfonamides is 1. The Bertz CT molecular complexity index is 552. The highest BCUT2D eigenvalue weighted by Gasteiger charge is 2.50. The zero-order chi connectivity index (χ0) is 14.3. The number of H-pyrrole nitrogens is 1. The van der Waals surface area contributed by atoms with Crippen LogP contribution in [-0.2, 0) is 21.4 Å². The van der Waals surface area contributed by atoms with Gasteiger partial charge < -0.3 is 9.84 Å². The van der Waals surface area contributed by atoms with Gasteiger partial charge in [0.25, 0.3) is 10.0 Å². The fourth-order valence-corrected chi connectivity index (χ4v) is 3.90. The van der Waals surface area contributed by atoms with E-state index in [4.69, 9.17) is 9.84 Å². The standard InChI is InChI=1S/C11H19N3O4S/c1-11(2)8(4-9(11)18-3)14-19(16,17)10-7(6-15)5-12-13-10/h5,8-9,14-15H,4,6H2,1-3H3,(H,12,13). The van der Waals surface area contributed by atoms with E-state index < -0.39 is 10.0 Å². The molecule has 1 heterocycles. The van der Waals surface area contributed by atoms with Crippen molar-refractivity contribution in [1.29, 1.82) is 0 Å². The SMILES string of the molecule is COC1CC(NS(=O)(=O)c2[nH]ncc2CO)C1(C)C. The van der Waals surface area contributed by atoms with E-state index in [9.17, 15) is 8.42 Å². The number of hydrogen-bond acceptors (Lipinski definition) is 5. The summed E-state index contributed by atoms with van der Waals surface area (Å²) in [7, 11) is -2.09. The van der Waals surface area contributed by atoms with Crippen LogP contribution in [0.15, 0.2) is 11.2 Å². The third-order valence-corrected chi connectivity index (χ3v) is 5.36. The predicted molar refractivity (Wildman–Crippen MR) is 67.8 cm³/mol. The molecule has 0 spiro atoms. The second-order valence-electron chi connectivity index (χ2n) is 5.34. The molecule has 1 aromatic heterocycles. The lowest BCUT2D eigenvalue weighted by Gasteiger charge is -2.50. The molecule has 7 nitrogen and oxygen atoms in total. The van der Waals surface area contributed by atoms with Gasteiger partial charge in [0, 0.05) is 24.1 Å². The molecule has 1 aliphatic carbocycles. The highest BCUT2D eigenvalue weighted by molar-refractivity contribution is 7.89. The molecule has 2 atom stereocenters. The summed E-state index contributed by atoms with van der Waals surface area (Å²) in [5.74, 6) is 0. The molecule has 1 fully saturated rings. The number of nitrogens with one attached hydrogen (secondary N) is 2. The third-order valence-electron chi connectivity index (χ3n) is 3.88. The van der Waals surface area contributed by atoms with Crippen LogP contribution >= 0.6 is 0 Å². The van der Waals surface area contributed by atoms with Gasteiger partial charge in [-0.05, 0) is 6.42 Å². The highest BCUT2D eigenvalue weighted by atomic mass is 32.2. The molecule has 3 N–H and O–H groups in total. The second kappa shape index (κ2) is 4.86. The maximum Gasteiger partial charge on any atom is 0.258 e. The van der Waals surface area contributed by atoms with Crippen LogP contribution in [0.5, 0.6) is 0 Å². The van der Waals surface area contributed by atoms with Crippen molar-refractivity contribution in [3.8, 4) is 0 Å². The van der Waals surface area contributed by atoms with Crippen molar-refractivity contribution < 1.29 is 18.3 Å². The first-order chi connectivity index (χ1) is 8.82. The molecular weight excluding hydrogens is 270 g/mol. The Hall–Kier alpha value is -0.960. The van der Waals surface area contributed by atoms with Crippen LogP contribution in [0.1, 0.15) is 25.8 Å². The van der Waals surface area contributed by atoms with E-state index in [0.717, 1.165) is 0 Å². The molecule has 1 aromatic rings. The van der Waals surface area contributed by atoms with Crippen molar-refractivity contribution >= 4 is 10.0 Å². The Morgan fingerprint density at radius 3 is 2.84 bits per heavy atom. The zero-order valence-electron chi connectivity index (χ0n) is 11.2. The quantitative estimate of drug-likeness (QED) is 0.707. The predicted octanol–water partition coefficient (Wildman–Crippen LogP) is -0.00620. The molecular formula is C11H19N3O4S. The van der Waals surface area contributed by atoms with Gasteiger partial charge >= 0.3 is 0 Å². The molecule has 2 unspecified atom stereocenters. The van der Waals surface area contributed by atoms with Crippen molar-refractivity contribution in [2.24, 2.45) is 5.41 Å². The molecule has 0 aliphatic heterocycles. The molecule has 0 radical (unpaired) electrons. The summed E-state index contributed by atoms with van der Waals surface area (Å²) in [6, 6.07) is -0.197. The summed E-state index contributed by atoms with van der Waals surface area (Å²) in [5, 5.41) is 15.1. The fraction of sp³-hybridized carbons (Fsp3) is 0.727. The molecule has 0 aromatic carbocycles. The van der Waals surface area contributed by atoms with E-state index in [1.165, 1.54) is 6.20 Å². The number of aliphatic hydroxyl groups excluding tert-OH is 1. The zero-order valence-corrected chi connectivity index (χ0v) is 12.0. The lowest BCUT2D eigenvalue weighted by atomic mass is 9.65. The number of rotatable bonds is 5. The van der Waals surface area contributed by atoms with Gasteiger partial charge in [0.2, 0.25) is 0 Å². The summed E-state index contributed by atoms with van der Waals surface area (Å²) < 4.78 is 32.4. The van der Waals surface area contributed by atoms with Gasteiger partial charge in [-0.1, -0.05) is 13.8 Å². The van der Waals surface area contributed by atoms with E-state index in [0.29, 0.717) is 6.42 Å². The van der Waals surface area contributed by atoms with Crippen LogP contribution < -0.4 is 4.72 Å². The normalized spacial score (nSPS) is 26.1. The van der Waals surface area contributed by atoms with Gasteiger partial charge in [-0.3, -0.25) is 5.10 Å². The molecule has 8 heteroatoms. The Morgan fingerprint density at radius 2 is 2.32 bits per heavy atom. The van der Waals surface area contributed by atoms with Gasteiger partial charge in [0.1, 0.15) is 0 Å². The summed E-state index contributed by atoms with van der Waals surface area (Å²) in [6.07, 6.45) is 1.98. The highest BCUT2D eigenvalue weighted by Crippen LogP contribution is 2.43. The van der Waals surface area contributed by atoms with E-state index in [1.807, 2.05) is 13.8 Å². The number of ether oxygens (including phenoxy) is 1. The minimum Gasteiger partial charge on any atom is -0.392 e. The molecule has 0 amide bonds. The number of aromatic amines is 1. The van der Waals surface area contributed by atoms with Crippen LogP contribution in [0.3, 0.4) is 0 Å². The monoisotopic (exact) mass is 289 g/mol. The summed E-state index contributed by atoms with van der Waals surface area (Å²) in [4.78, 5) is 0. The van der Waals surface area contributed by atoms with Gasteiger partial charge in [-0.15, -0.1) is 0 Å². The minimum absolute atomic E-state index is 0.0410. The summed E-state index contributed by atoms with van der Waals surface area (Å²) in [6.45, 7) is 3.54. The number of aromatic nitrogens is 2. The Kier molecular flexibility index (Phi) is 3.69. The molecule has 1 saturated carbocycles. The molecule has 0 saturated heterocycles. The molecule has 2 rings (SSSR count). The average Bonchev–Trinajstić information content (AvgIpc) is 2.83. The minimum atomic E-state index is -3.71. The van der Waals surface area contributed by atoms with Crippen LogP contribution in [0, 0.1) is 5.41 Å². The van der Waals surface area contributed by atoms with E-state index >= 15 is 0 Å². The largest absolute Gasteiger partial charge is 0.392 e. The Labute approximate surface area is 112 Å². The van der Waals surface area contributed by atoms with Gasteiger partial charge in [0.05, 0.1) is 18.9 Å². The summed E-state index contributed by atoms with van der Waals surface area (Å²) >= 11 is 0. The van der Waals surface area contributed by atoms with Crippen LogP contribution in [-0.4, -0.2) is 43.0 Å². The maximum atomic E-state index is 12.2. The van der Waals surface area contributed by atoms with Crippen molar-refractivity contribution in [1.82, 2.24) is 14.9 Å². The van der Waals surface area contributed by atoms with Crippen molar-refractivity contribution in [3.63, 3.8) is 0 Å². The number of methoxy groups -OCH3 is 1. The first kappa shape index (κ1) is 14.4. The first-order valence-corrected chi connectivity index (χ1v) is 7.49. The Morgan fingerprint density at radius 1 is 1.63 bits per heavy atom. The van der Waals surface area contributed by atoms with Crippen LogP contribution in [0.4, 0.5) is 0 Å². The number of nitrogens with zero attached hydrogens (tertiary/aromatic N) is 1. The number of hydrogen-bond donors (Lipinski definition) is 3. The molecule has 19 heavy (non-hydrogen) atoms. The molecule has 1 aliphatic rings. The van der Waals surface area contributed by atoms with Crippen LogP contribution in [0.25, 0.3) is 0 Å². The third kappa shape index (κ3) is 2.40. The topological polar surface area (TPSA) is 104 Å². The lowest BCUT2D eigenvalue weighted by molar-refractivity contribution is -0.0908. The Balaban J connectivity index is 2.16. The van der Waals surface area contributed by atoms with Crippen molar-refractivity contribution in [2.75, 3.05) is 7.11 Å². The first-order valence-electron chi connectivity index (χ1n) is 6.01. The summed E-state index contributed by atoms with van der Waals surface area (Å²) in [5.41, 5.74) is -0.00534. The maximum absolute atomic E-state index is 12.2. The fourth-order valence-electron chi connectivity index (χ4n) is 2.38. The van der Waals surface area contributed by atoms with Gasteiger partial charge in [0.15, 0.2) is 5.03 Å². The van der Waals surface area contributed by atoms with Crippen LogP contribution in [0.2, 0.25) is 0 Å². The van der Waals surface area contributed by atoms with Crippen molar-refractivity contribution in [3.05, 3.63) is 11.8 Å². The smallest absolute Gasteiger partial charge is 0.258 e. The number of aliphatic hydroxyl groups is 1. The molecule has 0 bridgehead atoms. The lowest BCUT2D eigenvalue weighted by Crippen LogP contribution is -2.61. The molecule has 108 valence electrons. The van der Waals surface area contributed by atoms with E-state index in [1.54, 1.807) is 7.11 Å². The van der Waals surface area contributed by atoms with Gasteiger partial charge in [-0.25, -0.2) is 13.1 Å². The van der Waals surface area contributed by atoms with E-state index in [-0.39, 0.29) is 34.8 Å². The average molecular weight is 289 g/mol. The van der Waals surface area contributed by atoms with E-state index in [2.05, 4.69) is 14.9 Å².